The van der Waals surface area contributed by atoms with E-state index in [1.807, 2.05) is 0 Å². The summed E-state index contributed by atoms with van der Waals surface area (Å²) >= 11 is 0. The van der Waals surface area contributed by atoms with Crippen LogP contribution in [0.2, 0.25) is 0 Å². The van der Waals surface area contributed by atoms with E-state index in [0.29, 0.717) is 19.4 Å². The maximum absolute atomic E-state index is 13.9. The number of hydrogen-bond donors (Lipinski definition) is 1. The molecular formula is C12H14F2O2. The molecule has 0 aromatic heterocycles. The Bertz CT molecular complexity index is 400. The third-order valence-electron chi connectivity index (χ3n) is 3.00. The Morgan fingerprint density at radius 1 is 1.38 bits per heavy atom. The molecule has 2 rings (SSSR count). The normalized spacial score (nSPS) is 18.0. The van der Waals surface area contributed by atoms with Gasteiger partial charge in [-0.05, 0) is 38.3 Å². The van der Waals surface area contributed by atoms with E-state index in [1.165, 1.54) is 6.07 Å². The third-order valence-corrected chi connectivity index (χ3v) is 3.00. The van der Waals surface area contributed by atoms with Crippen LogP contribution in [0.15, 0.2) is 12.1 Å². The Morgan fingerprint density at radius 3 is 2.56 bits per heavy atom. The van der Waals surface area contributed by atoms with Gasteiger partial charge in [-0.2, -0.15) is 0 Å². The monoisotopic (exact) mass is 228 g/mol. The number of rotatable bonds is 3. The van der Waals surface area contributed by atoms with Crippen molar-refractivity contribution in [2.75, 3.05) is 6.61 Å². The Hall–Kier alpha value is -1.16. The third kappa shape index (κ3) is 1.67. The molecule has 2 nitrogen and oxygen atoms in total. The van der Waals surface area contributed by atoms with E-state index in [0.717, 1.165) is 12.5 Å². The molecule has 1 aromatic rings. The zero-order chi connectivity index (χ0) is 11.8. The highest BCUT2D eigenvalue weighted by molar-refractivity contribution is 5.37. The summed E-state index contributed by atoms with van der Waals surface area (Å²) < 4.78 is 32.5. The quantitative estimate of drug-likeness (QED) is 0.861. The van der Waals surface area contributed by atoms with Crippen LogP contribution in [0.3, 0.4) is 0 Å². The van der Waals surface area contributed by atoms with Crippen LogP contribution in [-0.4, -0.2) is 11.7 Å². The van der Waals surface area contributed by atoms with Gasteiger partial charge in [-0.3, -0.25) is 0 Å². The first-order chi connectivity index (χ1) is 7.58. The summed E-state index contributed by atoms with van der Waals surface area (Å²) in [7, 11) is 0. The molecule has 16 heavy (non-hydrogen) atoms. The van der Waals surface area contributed by atoms with Crippen molar-refractivity contribution < 1.29 is 18.6 Å². The molecule has 0 radical (unpaired) electrons. The summed E-state index contributed by atoms with van der Waals surface area (Å²) in [5.41, 5.74) is -1.59. The minimum Gasteiger partial charge on any atom is -0.491 e. The lowest BCUT2D eigenvalue weighted by atomic mass is 9.74. The molecule has 0 amide bonds. The van der Waals surface area contributed by atoms with Gasteiger partial charge >= 0.3 is 0 Å². The Kier molecular flexibility index (Phi) is 2.84. The van der Waals surface area contributed by atoms with Crippen LogP contribution in [-0.2, 0) is 5.60 Å². The van der Waals surface area contributed by atoms with Gasteiger partial charge in [-0.1, -0.05) is 0 Å². The Morgan fingerprint density at radius 2 is 2.06 bits per heavy atom. The molecule has 1 aliphatic rings. The highest BCUT2D eigenvalue weighted by Crippen LogP contribution is 2.44. The van der Waals surface area contributed by atoms with Crippen LogP contribution in [0.5, 0.6) is 5.75 Å². The van der Waals surface area contributed by atoms with Crippen LogP contribution < -0.4 is 4.74 Å². The standard InChI is InChI=1S/C12H14F2O2/c1-2-16-9-5-4-8(13)10(11(9)14)12(15)6-3-7-12/h4-5,15H,2-3,6-7H2,1H3. The highest BCUT2D eigenvalue weighted by atomic mass is 19.1. The highest BCUT2D eigenvalue weighted by Gasteiger charge is 2.41. The van der Waals surface area contributed by atoms with Crippen molar-refractivity contribution in [1.82, 2.24) is 0 Å². The zero-order valence-corrected chi connectivity index (χ0v) is 9.09. The molecule has 0 bridgehead atoms. The molecule has 1 N–H and O–H groups in total. The number of ether oxygens (including phenoxy) is 1. The van der Waals surface area contributed by atoms with Gasteiger partial charge in [0.2, 0.25) is 0 Å². The second-order valence-electron chi connectivity index (χ2n) is 4.05. The van der Waals surface area contributed by atoms with Crippen LogP contribution >= 0.6 is 0 Å². The summed E-state index contributed by atoms with van der Waals surface area (Å²) in [6.45, 7) is 2.03. The minimum atomic E-state index is -1.35. The number of aliphatic hydroxyl groups is 1. The minimum absolute atomic E-state index is 0.000718. The lowest BCUT2D eigenvalue weighted by molar-refractivity contribution is -0.0449. The van der Waals surface area contributed by atoms with E-state index < -0.39 is 17.2 Å². The van der Waals surface area contributed by atoms with Crippen LogP contribution in [0.1, 0.15) is 31.7 Å². The van der Waals surface area contributed by atoms with Gasteiger partial charge in [0.05, 0.1) is 17.8 Å². The van der Waals surface area contributed by atoms with Crippen molar-refractivity contribution in [2.24, 2.45) is 0 Å². The van der Waals surface area contributed by atoms with Crippen molar-refractivity contribution in [3.63, 3.8) is 0 Å². The van der Waals surface area contributed by atoms with Gasteiger partial charge in [0.1, 0.15) is 5.82 Å². The smallest absolute Gasteiger partial charge is 0.174 e. The van der Waals surface area contributed by atoms with E-state index in [1.54, 1.807) is 6.92 Å². The average molecular weight is 228 g/mol. The fourth-order valence-electron chi connectivity index (χ4n) is 1.99. The Balaban J connectivity index is 2.46. The van der Waals surface area contributed by atoms with Gasteiger partial charge in [0, 0.05) is 0 Å². The molecule has 1 fully saturated rings. The number of hydrogen-bond acceptors (Lipinski definition) is 2. The molecule has 88 valence electrons. The van der Waals surface area contributed by atoms with E-state index in [2.05, 4.69) is 0 Å². The SMILES string of the molecule is CCOc1ccc(F)c(C2(O)CCC2)c1F. The summed E-state index contributed by atoms with van der Waals surface area (Å²) in [6.07, 6.45) is 1.58. The molecule has 0 heterocycles. The van der Waals surface area contributed by atoms with E-state index in [-0.39, 0.29) is 11.3 Å². The van der Waals surface area contributed by atoms with Crippen molar-refractivity contribution in [2.45, 2.75) is 31.8 Å². The summed E-state index contributed by atoms with van der Waals surface area (Å²) in [6, 6.07) is 2.39. The van der Waals surface area contributed by atoms with E-state index in [4.69, 9.17) is 4.74 Å². The molecule has 0 spiro atoms. The van der Waals surface area contributed by atoms with Crippen molar-refractivity contribution in [3.8, 4) is 5.75 Å². The predicted molar refractivity (Wildman–Crippen MR) is 55.3 cm³/mol. The molecular weight excluding hydrogens is 214 g/mol. The van der Waals surface area contributed by atoms with E-state index in [9.17, 15) is 13.9 Å². The second-order valence-corrected chi connectivity index (χ2v) is 4.05. The van der Waals surface area contributed by atoms with Crippen LogP contribution in [0.25, 0.3) is 0 Å². The first-order valence-electron chi connectivity index (χ1n) is 5.42. The van der Waals surface area contributed by atoms with Gasteiger partial charge in [0.15, 0.2) is 11.6 Å². The average Bonchev–Trinajstić information content (AvgIpc) is 2.20. The molecule has 0 aliphatic heterocycles. The van der Waals surface area contributed by atoms with Crippen LogP contribution in [0.4, 0.5) is 8.78 Å². The van der Waals surface area contributed by atoms with E-state index >= 15 is 0 Å². The zero-order valence-electron chi connectivity index (χ0n) is 9.09. The maximum atomic E-state index is 13.9. The topological polar surface area (TPSA) is 29.5 Å². The molecule has 0 atom stereocenters. The molecule has 0 saturated heterocycles. The van der Waals surface area contributed by atoms with Crippen LogP contribution in [0, 0.1) is 11.6 Å². The second kappa shape index (κ2) is 4.01. The fraction of sp³-hybridized carbons (Fsp3) is 0.500. The summed E-state index contributed by atoms with van der Waals surface area (Å²) in [4.78, 5) is 0. The lowest BCUT2D eigenvalue weighted by Gasteiger charge is -2.37. The largest absolute Gasteiger partial charge is 0.491 e. The fourth-order valence-corrected chi connectivity index (χ4v) is 1.99. The first kappa shape index (κ1) is 11.3. The van der Waals surface area contributed by atoms with Gasteiger partial charge in [-0.25, -0.2) is 8.78 Å². The number of benzene rings is 1. The molecule has 1 aromatic carbocycles. The molecule has 0 unspecified atom stereocenters. The molecule has 1 aliphatic carbocycles. The lowest BCUT2D eigenvalue weighted by Crippen LogP contribution is -2.35. The summed E-state index contributed by atoms with van der Waals surface area (Å²) in [5.74, 6) is -1.48. The first-order valence-corrected chi connectivity index (χ1v) is 5.42. The van der Waals surface area contributed by atoms with Gasteiger partial charge in [0.25, 0.3) is 0 Å². The van der Waals surface area contributed by atoms with Crippen molar-refractivity contribution >= 4 is 0 Å². The summed E-state index contributed by atoms with van der Waals surface area (Å²) in [5, 5.41) is 10.0. The van der Waals surface area contributed by atoms with Crippen molar-refractivity contribution in [1.29, 1.82) is 0 Å². The van der Waals surface area contributed by atoms with Gasteiger partial charge < -0.3 is 9.84 Å². The predicted octanol–water partition coefficient (Wildman–Crippen LogP) is 2.74. The number of halogens is 2. The Labute approximate surface area is 92.9 Å². The molecule has 1 saturated carbocycles. The van der Waals surface area contributed by atoms with Gasteiger partial charge in [-0.15, -0.1) is 0 Å². The van der Waals surface area contributed by atoms with Crippen molar-refractivity contribution in [3.05, 3.63) is 29.3 Å². The maximum Gasteiger partial charge on any atom is 0.174 e. The molecule has 4 heteroatoms.